The van der Waals surface area contributed by atoms with Crippen LogP contribution in [0.4, 0.5) is 21.9 Å². The largest absolute Gasteiger partial charge is 0.372 e. The number of hydrogen-bond donors (Lipinski definition) is 2. The molecule has 0 aliphatic carbocycles. The zero-order valence-electron chi connectivity index (χ0n) is 13.3. The second kappa shape index (κ2) is 7.13. The minimum absolute atomic E-state index is 0.254. The summed E-state index contributed by atoms with van der Waals surface area (Å²) < 4.78 is 0. The standard InChI is InChI=1S/C18H22N4O/c1-14-8-12-22(13-9-14)17-4-2-15(3-5-17)20-18(23)21-16-6-10-19-11-7-16/h2-7,10-11,14H,8-9,12-13H2,1H3,(H2,19,20,21,23). The Balaban J connectivity index is 1.56. The van der Waals surface area contributed by atoms with Crippen LogP contribution in [0.15, 0.2) is 48.8 Å². The van der Waals surface area contributed by atoms with Gasteiger partial charge in [-0.3, -0.25) is 4.98 Å². The molecule has 2 aromatic rings. The SMILES string of the molecule is CC1CCN(c2ccc(NC(=O)Nc3ccncc3)cc2)CC1. The van der Waals surface area contributed by atoms with Gasteiger partial charge in [-0.25, -0.2) is 4.79 Å². The first-order valence-electron chi connectivity index (χ1n) is 8.04. The number of anilines is 3. The van der Waals surface area contributed by atoms with Crippen LogP contribution in [-0.4, -0.2) is 24.1 Å². The number of hydrogen-bond acceptors (Lipinski definition) is 3. The molecule has 2 N–H and O–H groups in total. The lowest BCUT2D eigenvalue weighted by atomic mass is 9.99. The molecule has 0 bridgehead atoms. The second-order valence-electron chi connectivity index (χ2n) is 6.03. The third-order valence-corrected chi connectivity index (χ3v) is 4.21. The van der Waals surface area contributed by atoms with Crippen LogP contribution >= 0.6 is 0 Å². The lowest BCUT2D eigenvalue weighted by Crippen LogP contribution is -2.32. The highest BCUT2D eigenvalue weighted by Gasteiger charge is 2.15. The zero-order chi connectivity index (χ0) is 16.1. The van der Waals surface area contributed by atoms with Crippen molar-refractivity contribution in [2.24, 2.45) is 5.92 Å². The summed E-state index contributed by atoms with van der Waals surface area (Å²) in [4.78, 5) is 18.3. The summed E-state index contributed by atoms with van der Waals surface area (Å²) in [6, 6.07) is 11.3. The van der Waals surface area contributed by atoms with E-state index in [1.165, 1.54) is 18.5 Å². The normalized spacial score (nSPS) is 15.3. The van der Waals surface area contributed by atoms with Crippen molar-refractivity contribution in [2.75, 3.05) is 28.6 Å². The number of nitrogens with one attached hydrogen (secondary N) is 2. The molecule has 2 amide bonds. The highest BCUT2D eigenvalue weighted by atomic mass is 16.2. The Kier molecular flexibility index (Phi) is 4.76. The van der Waals surface area contributed by atoms with Gasteiger partial charge in [0.15, 0.2) is 0 Å². The highest BCUT2D eigenvalue weighted by Crippen LogP contribution is 2.24. The van der Waals surface area contributed by atoms with Gasteiger partial charge in [0.2, 0.25) is 0 Å². The van der Waals surface area contributed by atoms with Crippen molar-refractivity contribution in [3.63, 3.8) is 0 Å². The van der Waals surface area contributed by atoms with Crippen LogP contribution in [0.25, 0.3) is 0 Å². The lowest BCUT2D eigenvalue weighted by molar-refractivity contribution is 0.262. The molecular formula is C18H22N4O. The maximum absolute atomic E-state index is 12.0. The molecule has 5 heteroatoms. The molecule has 1 aromatic heterocycles. The van der Waals surface area contributed by atoms with Crippen molar-refractivity contribution >= 4 is 23.1 Å². The topological polar surface area (TPSA) is 57.3 Å². The first-order chi connectivity index (χ1) is 11.2. The first-order valence-corrected chi connectivity index (χ1v) is 8.04. The minimum Gasteiger partial charge on any atom is -0.372 e. The molecule has 2 heterocycles. The van der Waals surface area contributed by atoms with E-state index in [0.29, 0.717) is 0 Å². The molecule has 0 atom stereocenters. The fourth-order valence-electron chi connectivity index (χ4n) is 2.75. The van der Waals surface area contributed by atoms with Crippen LogP contribution < -0.4 is 15.5 Å². The molecule has 1 aliphatic rings. The van der Waals surface area contributed by atoms with Crippen LogP contribution in [0.3, 0.4) is 0 Å². The summed E-state index contributed by atoms with van der Waals surface area (Å²) in [6.45, 7) is 4.53. The number of piperidine rings is 1. The van der Waals surface area contributed by atoms with E-state index in [0.717, 1.165) is 30.4 Å². The number of amides is 2. The number of rotatable bonds is 3. The van der Waals surface area contributed by atoms with Crippen molar-refractivity contribution in [3.8, 4) is 0 Å². The fraction of sp³-hybridized carbons (Fsp3) is 0.333. The number of pyridine rings is 1. The van der Waals surface area contributed by atoms with Crippen LogP contribution in [-0.2, 0) is 0 Å². The lowest BCUT2D eigenvalue weighted by Gasteiger charge is -2.32. The summed E-state index contributed by atoms with van der Waals surface area (Å²) in [6.07, 6.45) is 5.77. The Morgan fingerprint density at radius 3 is 2.17 bits per heavy atom. The first kappa shape index (κ1) is 15.3. The van der Waals surface area contributed by atoms with Gasteiger partial charge in [-0.15, -0.1) is 0 Å². The van der Waals surface area contributed by atoms with E-state index in [4.69, 9.17) is 0 Å². The van der Waals surface area contributed by atoms with Crippen LogP contribution in [0.2, 0.25) is 0 Å². The van der Waals surface area contributed by atoms with E-state index < -0.39 is 0 Å². The predicted octanol–water partition coefficient (Wildman–Crippen LogP) is 3.96. The summed E-state index contributed by atoms with van der Waals surface area (Å²) in [5.74, 6) is 0.823. The molecule has 1 fully saturated rings. The smallest absolute Gasteiger partial charge is 0.323 e. The second-order valence-corrected chi connectivity index (χ2v) is 6.03. The molecule has 0 radical (unpaired) electrons. The third-order valence-electron chi connectivity index (χ3n) is 4.21. The Bertz CT molecular complexity index is 634. The minimum atomic E-state index is -0.254. The number of carbonyl (C=O) groups is 1. The summed E-state index contributed by atoms with van der Waals surface area (Å²) in [5, 5.41) is 5.61. The van der Waals surface area contributed by atoms with Gasteiger partial charge in [-0.2, -0.15) is 0 Å². The predicted molar refractivity (Wildman–Crippen MR) is 93.9 cm³/mol. The van der Waals surface area contributed by atoms with Gasteiger partial charge in [0.25, 0.3) is 0 Å². The quantitative estimate of drug-likeness (QED) is 0.902. The fourth-order valence-corrected chi connectivity index (χ4v) is 2.75. The van der Waals surface area contributed by atoms with E-state index in [2.05, 4.69) is 39.6 Å². The molecule has 5 nitrogen and oxygen atoms in total. The average molecular weight is 310 g/mol. The Morgan fingerprint density at radius 2 is 1.57 bits per heavy atom. The Hall–Kier alpha value is -2.56. The van der Waals surface area contributed by atoms with E-state index in [9.17, 15) is 4.79 Å². The third kappa shape index (κ3) is 4.22. The van der Waals surface area contributed by atoms with E-state index >= 15 is 0 Å². The molecule has 3 rings (SSSR count). The van der Waals surface area contributed by atoms with Crippen molar-refractivity contribution in [1.82, 2.24) is 4.98 Å². The van der Waals surface area contributed by atoms with Crippen LogP contribution in [0, 0.1) is 5.92 Å². The van der Waals surface area contributed by atoms with E-state index in [-0.39, 0.29) is 6.03 Å². The van der Waals surface area contributed by atoms with Gasteiger partial charge in [0.1, 0.15) is 0 Å². The number of urea groups is 1. The van der Waals surface area contributed by atoms with E-state index in [1.54, 1.807) is 24.5 Å². The average Bonchev–Trinajstić information content (AvgIpc) is 2.57. The molecular weight excluding hydrogens is 288 g/mol. The maximum Gasteiger partial charge on any atom is 0.323 e. The molecule has 23 heavy (non-hydrogen) atoms. The van der Waals surface area contributed by atoms with Gasteiger partial charge >= 0.3 is 6.03 Å². The molecule has 1 saturated heterocycles. The van der Waals surface area contributed by atoms with Crippen molar-refractivity contribution < 1.29 is 4.79 Å². The van der Waals surface area contributed by atoms with Crippen molar-refractivity contribution in [3.05, 3.63) is 48.8 Å². The molecule has 0 unspecified atom stereocenters. The highest BCUT2D eigenvalue weighted by molar-refractivity contribution is 5.99. The summed E-state index contributed by atoms with van der Waals surface area (Å²) in [5.41, 5.74) is 2.72. The van der Waals surface area contributed by atoms with Gasteiger partial charge in [-0.1, -0.05) is 6.92 Å². The van der Waals surface area contributed by atoms with Crippen molar-refractivity contribution in [2.45, 2.75) is 19.8 Å². The Morgan fingerprint density at radius 1 is 1.00 bits per heavy atom. The summed E-state index contributed by atoms with van der Waals surface area (Å²) >= 11 is 0. The van der Waals surface area contributed by atoms with Gasteiger partial charge in [-0.05, 0) is 55.2 Å². The van der Waals surface area contributed by atoms with Crippen LogP contribution in [0.1, 0.15) is 19.8 Å². The maximum atomic E-state index is 12.0. The molecule has 1 aromatic carbocycles. The van der Waals surface area contributed by atoms with Gasteiger partial charge in [0, 0.05) is 42.5 Å². The van der Waals surface area contributed by atoms with Crippen molar-refractivity contribution in [1.29, 1.82) is 0 Å². The number of aromatic nitrogens is 1. The number of benzene rings is 1. The molecule has 120 valence electrons. The molecule has 0 spiro atoms. The Labute approximate surface area is 136 Å². The number of carbonyl (C=O) groups excluding carboxylic acids is 1. The molecule has 0 saturated carbocycles. The monoisotopic (exact) mass is 310 g/mol. The van der Waals surface area contributed by atoms with Gasteiger partial charge < -0.3 is 15.5 Å². The number of nitrogens with zero attached hydrogens (tertiary/aromatic N) is 2. The zero-order valence-corrected chi connectivity index (χ0v) is 13.3. The molecule has 1 aliphatic heterocycles. The van der Waals surface area contributed by atoms with E-state index in [1.807, 2.05) is 12.1 Å². The van der Waals surface area contributed by atoms with Gasteiger partial charge in [0.05, 0.1) is 0 Å². The van der Waals surface area contributed by atoms with Crippen LogP contribution in [0.5, 0.6) is 0 Å². The summed E-state index contributed by atoms with van der Waals surface area (Å²) in [7, 11) is 0.